The molecule has 12 heteroatoms. The standard InChI is InChI=1S/C24H25F3N4O5/c1-3-14(9-13-7-8-28-21(13)32)29-22(33)19-10-15(36-24(25,26)27)12-31(19)23(34)18-11-16-17(30-18)5-4-6-20(16)35-2/h1,4-6,11,13-15,19,30H,7-10,12H2,2H3,(H,28,32)(H,29,33)/t13-,14+,15+,19-/m0/s1. The Morgan fingerprint density at radius 2 is 2.14 bits per heavy atom. The first-order chi connectivity index (χ1) is 17.1. The van der Waals surface area contributed by atoms with Gasteiger partial charge in [-0.3, -0.25) is 19.1 Å². The van der Waals surface area contributed by atoms with E-state index in [1.165, 1.54) is 13.2 Å². The van der Waals surface area contributed by atoms with Crippen LogP contribution in [0.3, 0.4) is 0 Å². The normalized spacial score (nSPS) is 22.8. The lowest BCUT2D eigenvalue weighted by Gasteiger charge is -2.25. The molecule has 0 unspecified atom stereocenters. The summed E-state index contributed by atoms with van der Waals surface area (Å²) in [7, 11) is 1.47. The molecule has 2 aliphatic heterocycles. The van der Waals surface area contributed by atoms with Crippen molar-refractivity contribution in [3.63, 3.8) is 0 Å². The number of amides is 3. The van der Waals surface area contributed by atoms with Crippen molar-refractivity contribution in [1.29, 1.82) is 0 Å². The first kappa shape index (κ1) is 25.4. The number of carbonyl (C=O) groups is 3. The van der Waals surface area contributed by atoms with E-state index in [2.05, 4.69) is 26.3 Å². The second-order valence-corrected chi connectivity index (χ2v) is 8.74. The van der Waals surface area contributed by atoms with Crippen LogP contribution in [0.1, 0.15) is 29.8 Å². The van der Waals surface area contributed by atoms with E-state index in [9.17, 15) is 27.6 Å². The summed E-state index contributed by atoms with van der Waals surface area (Å²) in [6.45, 7) is 0.0556. The Kier molecular flexibility index (Phi) is 7.12. The van der Waals surface area contributed by atoms with Crippen LogP contribution in [0.15, 0.2) is 24.3 Å². The predicted molar refractivity (Wildman–Crippen MR) is 122 cm³/mol. The fourth-order valence-corrected chi connectivity index (χ4v) is 4.71. The Morgan fingerprint density at radius 1 is 1.36 bits per heavy atom. The third kappa shape index (κ3) is 5.41. The zero-order valence-corrected chi connectivity index (χ0v) is 19.4. The van der Waals surface area contributed by atoms with Crippen molar-refractivity contribution in [3.05, 3.63) is 30.0 Å². The van der Waals surface area contributed by atoms with Gasteiger partial charge in [0.15, 0.2) is 0 Å². The Balaban J connectivity index is 1.55. The number of aromatic nitrogens is 1. The molecule has 3 N–H and O–H groups in total. The van der Waals surface area contributed by atoms with Crippen LogP contribution in [0.5, 0.6) is 5.75 Å². The Morgan fingerprint density at radius 3 is 2.78 bits per heavy atom. The smallest absolute Gasteiger partial charge is 0.496 e. The van der Waals surface area contributed by atoms with E-state index >= 15 is 0 Å². The Bertz CT molecular complexity index is 1200. The van der Waals surface area contributed by atoms with Gasteiger partial charge in [0.2, 0.25) is 11.8 Å². The number of rotatable bonds is 7. The number of terminal acetylenes is 1. The van der Waals surface area contributed by atoms with Crippen LogP contribution < -0.4 is 15.4 Å². The molecule has 0 bridgehead atoms. The first-order valence-electron chi connectivity index (χ1n) is 11.3. The number of carbonyl (C=O) groups excluding carboxylic acids is 3. The molecule has 192 valence electrons. The summed E-state index contributed by atoms with van der Waals surface area (Å²) in [6, 6.07) is 4.57. The van der Waals surface area contributed by atoms with Gasteiger partial charge in [0.25, 0.3) is 5.91 Å². The average molecular weight is 506 g/mol. The Labute approximate surface area is 204 Å². The molecular formula is C24H25F3N4O5. The largest absolute Gasteiger partial charge is 0.522 e. The van der Waals surface area contributed by atoms with Gasteiger partial charge >= 0.3 is 6.36 Å². The van der Waals surface area contributed by atoms with Gasteiger partial charge in [0.05, 0.1) is 19.3 Å². The number of nitrogens with zero attached hydrogens (tertiary/aromatic N) is 1. The highest BCUT2D eigenvalue weighted by molar-refractivity contribution is 6.01. The van der Waals surface area contributed by atoms with Crippen molar-refractivity contribution in [2.75, 3.05) is 20.2 Å². The van der Waals surface area contributed by atoms with Crippen molar-refractivity contribution in [2.45, 2.75) is 43.8 Å². The second kappa shape index (κ2) is 10.1. The summed E-state index contributed by atoms with van der Waals surface area (Å²) < 4.78 is 48.2. The number of halogens is 3. The summed E-state index contributed by atoms with van der Waals surface area (Å²) in [5.74, 6) is 0.978. The van der Waals surface area contributed by atoms with E-state index < -0.39 is 42.9 Å². The number of likely N-dealkylation sites (tertiary alicyclic amines) is 1. The molecule has 2 fully saturated rings. The van der Waals surface area contributed by atoms with Crippen LogP contribution in [-0.4, -0.2) is 72.4 Å². The van der Waals surface area contributed by atoms with Crippen LogP contribution in [-0.2, 0) is 14.3 Å². The lowest BCUT2D eigenvalue weighted by atomic mass is 9.98. The molecule has 4 atom stereocenters. The van der Waals surface area contributed by atoms with Crippen LogP contribution in [0.4, 0.5) is 13.2 Å². The Hall–Kier alpha value is -3.72. The maximum absolute atomic E-state index is 13.4. The number of aromatic amines is 1. The number of benzene rings is 1. The van der Waals surface area contributed by atoms with Crippen LogP contribution in [0, 0.1) is 18.3 Å². The van der Waals surface area contributed by atoms with Gasteiger partial charge < -0.3 is 25.3 Å². The summed E-state index contributed by atoms with van der Waals surface area (Å²) in [6.07, 6.45) is -0.460. The van der Waals surface area contributed by atoms with E-state index in [0.29, 0.717) is 29.6 Å². The van der Waals surface area contributed by atoms with Crippen molar-refractivity contribution in [2.24, 2.45) is 5.92 Å². The molecule has 1 aromatic carbocycles. The minimum absolute atomic E-state index is 0.0797. The highest BCUT2D eigenvalue weighted by atomic mass is 19.4. The number of fused-ring (bicyclic) bond motifs is 1. The number of H-pyrrole nitrogens is 1. The van der Waals surface area contributed by atoms with Crippen LogP contribution in [0.25, 0.3) is 10.9 Å². The van der Waals surface area contributed by atoms with Crippen molar-refractivity contribution >= 4 is 28.6 Å². The van der Waals surface area contributed by atoms with E-state index in [1.807, 2.05) is 0 Å². The highest BCUT2D eigenvalue weighted by Crippen LogP contribution is 2.31. The third-order valence-electron chi connectivity index (χ3n) is 6.40. The van der Waals surface area contributed by atoms with E-state index in [4.69, 9.17) is 11.2 Å². The molecule has 2 saturated heterocycles. The number of nitrogens with one attached hydrogen (secondary N) is 3. The lowest BCUT2D eigenvalue weighted by Crippen LogP contribution is -2.49. The average Bonchev–Trinajstić information content (AvgIpc) is 3.55. The molecule has 0 aliphatic carbocycles. The van der Waals surface area contributed by atoms with E-state index in [1.54, 1.807) is 18.2 Å². The van der Waals surface area contributed by atoms with Gasteiger partial charge in [-0.1, -0.05) is 12.0 Å². The van der Waals surface area contributed by atoms with Gasteiger partial charge in [-0.25, -0.2) is 0 Å². The fraction of sp³-hybridized carbons (Fsp3) is 0.458. The summed E-state index contributed by atoms with van der Waals surface area (Å²) in [4.78, 5) is 42.3. The van der Waals surface area contributed by atoms with Gasteiger partial charge in [-0.05, 0) is 31.0 Å². The molecule has 36 heavy (non-hydrogen) atoms. The molecular weight excluding hydrogens is 481 g/mol. The number of alkyl halides is 3. The molecule has 9 nitrogen and oxygen atoms in total. The van der Waals surface area contributed by atoms with Gasteiger partial charge in [-0.2, -0.15) is 0 Å². The molecule has 0 spiro atoms. The van der Waals surface area contributed by atoms with Crippen LogP contribution >= 0.6 is 0 Å². The molecule has 2 aromatic rings. The quantitative estimate of drug-likeness (QED) is 0.497. The number of methoxy groups -OCH3 is 1. The zero-order valence-electron chi connectivity index (χ0n) is 19.4. The van der Waals surface area contributed by atoms with Gasteiger partial charge in [0.1, 0.15) is 17.5 Å². The fourth-order valence-electron chi connectivity index (χ4n) is 4.71. The summed E-state index contributed by atoms with van der Waals surface area (Å²) in [5, 5.41) is 5.90. The number of hydrogen-bond donors (Lipinski definition) is 3. The highest BCUT2D eigenvalue weighted by Gasteiger charge is 2.45. The molecule has 2 aliphatic rings. The van der Waals surface area contributed by atoms with Crippen molar-refractivity contribution < 1.29 is 37.0 Å². The second-order valence-electron chi connectivity index (χ2n) is 8.74. The monoisotopic (exact) mass is 506 g/mol. The maximum atomic E-state index is 13.4. The van der Waals surface area contributed by atoms with Gasteiger partial charge in [-0.15, -0.1) is 19.6 Å². The zero-order chi connectivity index (χ0) is 26.0. The van der Waals surface area contributed by atoms with E-state index in [0.717, 1.165) is 4.90 Å². The predicted octanol–water partition coefficient (Wildman–Crippen LogP) is 1.94. The molecule has 3 heterocycles. The lowest BCUT2D eigenvalue weighted by molar-refractivity contribution is -0.340. The summed E-state index contributed by atoms with van der Waals surface area (Å²) >= 11 is 0. The SMILES string of the molecule is C#C[C@H](C[C@@H]1CCNC1=O)NC(=O)[C@@H]1C[C@@H](OC(F)(F)F)CN1C(=O)c1cc2c(OC)cccc2[nH]1. The maximum Gasteiger partial charge on any atom is 0.522 e. The minimum Gasteiger partial charge on any atom is -0.496 e. The molecule has 1 aromatic heterocycles. The van der Waals surface area contributed by atoms with E-state index in [-0.39, 0.29) is 30.4 Å². The minimum atomic E-state index is -4.93. The molecule has 3 amide bonds. The molecule has 0 radical (unpaired) electrons. The number of ether oxygens (including phenoxy) is 2. The summed E-state index contributed by atoms with van der Waals surface area (Å²) in [5.41, 5.74) is 0.666. The molecule has 0 saturated carbocycles. The molecule has 4 rings (SSSR count). The number of hydrogen-bond acceptors (Lipinski definition) is 5. The van der Waals surface area contributed by atoms with Crippen molar-refractivity contribution in [3.8, 4) is 18.1 Å². The first-order valence-corrected chi connectivity index (χ1v) is 11.3. The topological polar surface area (TPSA) is 113 Å². The third-order valence-corrected chi connectivity index (χ3v) is 6.40. The van der Waals surface area contributed by atoms with Crippen molar-refractivity contribution in [1.82, 2.24) is 20.5 Å². The van der Waals surface area contributed by atoms with Crippen LogP contribution in [0.2, 0.25) is 0 Å². The van der Waals surface area contributed by atoms with Gasteiger partial charge in [0, 0.05) is 36.3 Å².